The molecular formula is C31H29Cl2N7O5S. The zero-order chi connectivity index (χ0) is 32.2. The van der Waals surface area contributed by atoms with Crippen molar-refractivity contribution in [2.24, 2.45) is 0 Å². The Morgan fingerprint density at radius 3 is 2.28 bits per heavy atom. The number of anilines is 2. The maximum absolute atomic E-state index is 14.5. The summed E-state index contributed by atoms with van der Waals surface area (Å²) in [6, 6.07) is 11.4. The van der Waals surface area contributed by atoms with Crippen LogP contribution in [0, 0.1) is 0 Å². The lowest BCUT2D eigenvalue weighted by Gasteiger charge is -2.41. The molecule has 0 radical (unpaired) electrons. The molecule has 0 aliphatic carbocycles. The van der Waals surface area contributed by atoms with Crippen molar-refractivity contribution in [1.29, 1.82) is 0 Å². The average molecular weight is 683 g/mol. The van der Waals surface area contributed by atoms with E-state index in [-0.39, 0.29) is 29.8 Å². The Labute approximate surface area is 275 Å². The minimum atomic E-state index is -4.26. The summed E-state index contributed by atoms with van der Waals surface area (Å²) < 4.78 is 36.7. The molecule has 5 heterocycles. The first-order valence-corrected chi connectivity index (χ1v) is 16.9. The van der Waals surface area contributed by atoms with Gasteiger partial charge in [0.05, 0.1) is 25.1 Å². The van der Waals surface area contributed by atoms with Crippen molar-refractivity contribution >= 4 is 56.7 Å². The van der Waals surface area contributed by atoms with E-state index < -0.39 is 27.5 Å². The summed E-state index contributed by atoms with van der Waals surface area (Å²) in [5.41, 5.74) is 1.44. The van der Waals surface area contributed by atoms with Gasteiger partial charge >= 0.3 is 0 Å². The van der Waals surface area contributed by atoms with Gasteiger partial charge in [0.2, 0.25) is 11.9 Å². The van der Waals surface area contributed by atoms with Crippen LogP contribution in [0.2, 0.25) is 10.0 Å². The molecule has 0 spiro atoms. The molecular weight excluding hydrogens is 653 g/mol. The van der Waals surface area contributed by atoms with Crippen LogP contribution in [-0.4, -0.2) is 87.8 Å². The highest BCUT2D eigenvalue weighted by Crippen LogP contribution is 2.45. The quantitative estimate of drug-likeness (QED) is 0.287. The number of hydrogen-bond donors (Lipinski definition) is 0. The van der Waals surface area contributed by atoms with E-state index in [1.54, 1.807) is 42.4 Å². The lowest BCUT2D eigenvalue weighted by molar-refractivity contribution is -0.142. The summed E-state index contributed by atoms with van der Waals surface area (Å²) >= 11 is 12.6. The molecule has 2 amide bonds. The molecule has 0 N–H and O–H groups in total. The predicted octanol–water partition coefficient (Wildman–Crippen LogP) is 3.90. The van der Waals surface area contributed by atoms with Gasteiger partial charge in [-0.2, -0.15) is 4.31 Å². The Hall–Kier alpha value is -3.88. The third kappa shape index (κ3) is 5.16. The van der Waals surface area contributed by atoms with Gasteiger partial charge in [0.1, 0.15) is 17.9 Å². The fourth-order valence-corrected chi connectivity index (χ4v) is 8.62. The number of aromatic nitrogens is 4. The number of nitrogens with zero attached hydrogens (tertiary/aromatic N) is 7. The molecule has 46 heavy (non-hydrogen) atoms. The molecule has 12 nitrogen and oxygen atoms in total. The number of sulfonamides is 1. The van der Waals surface area contributed by atoms with Crippen molar-refractivity contribution in [3.63, 3.8) is 0 Å². The molecule has 0 unspecified atom stereocenters. The molecule has 2 aromatic heterocycles. The van der Waals surface area contributed by atoms with Crippen LogP contribution in [0.25, 0.3) is 11.1 Å². The maximum Gasteiger partial charge on any atom is 0.261 e. The maximum atomic E-state index is 14.5. The number of morpholine rings is 1. The van der Waals surface area contributed by atoms with E-state index in [1.807, 2.05) is 24.3 Å². The summed E-state index contributed by atoms with van der Waals surface area (Å²) in [4.78, 5) is 43.4. The standard InChI is InChI=1S/C31H29Cl2N7O5S/c1-31(15-20-2-4-21(5-3-20)22-16-34-19-35-17-22)29(42)39(25-13-23(32)12-24(33)14-25)30-36-18-27(40(30)31)46(43,44)38-7-6-26(38)28(41)37-8-10-45-11-9-37/h2-5,12-14,16-19,26H,6-11,15H2,1H3/t26-,31+/m0/s1. The summed E-state index contributed by atoms with van der Waals surface area (Å²) in [5.74, 6) is -0.549. The van der Waals surface area contributed by atoms with Crippen LogP contribution in [0.15, 0.2) is 72.4 Å². The van der Waals surface area contributed by atoms with Gasteiger partial charge in [0.25, 0.3) is 15.9 Å². The molecule has 7 rings (SSSR count). The average Bonchev–Trinajstić information content (AvgIpc) is 3.55. The van der Waals surface area contributed by atoms with Gasteiger partial charge in [0, 0.05) is 54.1 Å². The van der Waals surface area contributed by atoms with Crippen molar-refractivity contribution in [2.75, 3.05) is 37.7 Å². The largest absolute Gasteiger partial charge is 0.378 e. The number of carbonyl (C=O) groups excluding carboxylic acids is 2. The number of rotatable bonds is 7. The smallest absolute Gasteiger partial charge is 0.261 e. The van der Waals surface area contributed by atoms with Crippen molar-refractivity contribution in [3.05, 3.63) is 83.0 Å². The second kappa shape index (κ2) is 11.7. The minimum absolute atomic E-state index is 0.110. The van der Waals surface area contributed by atoms with Crippen LogP contribution in [0.1, 0.15) is 18.9 Å². The number of amides is 2. The SMILES string of the molecule is C[C@@]1(Cc2ccc(-c3cncnc3)cc2)C(=O)N(c2cc(Cl)cc(Cl)c2)c2ncc(S(=O)(=O)N3CC[C@H]3C(=O)N3CCOCC3)n21. The topological polar surface area (TPSA) is 131 Å². The second-order valence-corrected chi connectivity index (χ2v) is 14.3. The van der Waals surface area contributed by atoms with Gasteiger partial charge in [-0.3, -0.25) is 14.2 Å². The zero-order valence-corrected chi connectivity index (χ0v) is 27.0. The van der Waals surface area contributed by atoms with Gasteiger partial charge in [-0.15, -0.1) is 0 Å². The zero-order valence-electron chi connectivity index (χ0n) is 24.7. The first-order valence-electron chi connectivity index (χ1n) is 14.7. The number of hydrogen-bond acceptors (Lipinski definition) is 8. The lowest BCUT2D eigenvalue weighted by atomic mass is 9.91. The number of fused-ring (bicyclic) bond motifs is 1. The van der Waals surface area contributed by atoms with Gasteiger partial charge in [-0.05, 0) is 42.7 Å². The fourth-order valence-electron chi connectivity index (χ4n) is 6.29. The van der Waals surface area contributed by atoms with Crippen molar-refractivity contribution in [3.8, 4) is 11.1 Å². The summed E-state index contributed by atoms with van der Waals surface area (Å²) in [7, 11) is -4.26. The Morgan fingerprint density at radius 2 is 1.65 bits per heavy atom. The molecule has 2 saturated heterocycles. The van der Waals surface area contributed by atoms with Crippen molar-refractivity contribution < 1.29 is 22.7 Å². The van der Waals surface area contributed by atoms with Gasteiger partial charge < -0.3 is 9.64 Å². The van der Waals surface area contributed by atoms with E-state index in [4.69, 9.17) is 27.9 Å². The third-order valence-corrected chi connectivity index (χ3v) is 11.0. The molecule has 0 bridgehead atoms. The molecule has 0 saturated carbocycles. The predicted molar refractivity (Wildman–Crippen MR) is 170 cm³/mol. The van der Waals surface area contributed by atoms with E-state index in [0.717, 1.165) is 16.7 Å². The van der Waals surface area contributed by atoms with Gasteiger partial charge in [0.15, 0.2) is 5.03 Å². The Morgan fingerprint density at radius 1 is 0.978 bits per heavy atom. The summed E-state index contributed by atoms with van der Waals surface area (Å²) in [6.07, 6.45) is 6.67. The number of carbonyl (C=O) groups is 2. The lowest BCUT2D eigenvalue weighted by Crippen LogP contribution is -2.60. The monoisotopic (exact) mass is 681 g/mol. The van der Waals surface area contributed by atoms with Crippen molar-refractivity contribution in [2.45, 2.75) is 36.4 Å². The summed E-state index contributed by atoms with van der Waals surface area (Å²) in [5, 5.41) is 0.437. The highest BCUT2D eigenvalue weighted by atomic mass is 35.5. The molecule has 4 aromatic rings. The second-order valence-electron chi connectivity index (χ2n) is 11.6. The first kappa shape index (κ1) is 30.8. The van der Waals surface area contributed by atoms with E-state index >= 15 is 0 Å². The van der Waals surface area contributed by atoms with Crippen LogP contribution in [0.3, 0.4) is 0 Å². The first-order chi connectivity index (χ1) is 22.1. The molecule has 3 aliphatic rings. The molecule has 2 fully saturated rings. The molecule has 2 atom stereocenters. The van der Waals surface area contributed by atoms with Crippen LogP contribution in [0.4, 0.5) is 11.6 Å². The molecule has 238 valence electrons. The van der Waals surface area contributed by atoms with E-state index in [1.165, 1.54) is 26.3 Å². The van der Waals surface area contributed by atoms with Crippen LogP contribution in [-0.2, 0) is 36.3 Å². The third-order valence-electron chi connectivity index (χ3n) is 8.72. The van der Waals surface area contributed by atoms with Crippen LogP contribution >= 0.6 is 23.2 Å². The molecule has 15 heteroatoms. The molecule has 3 aliphatic heterocycles. The van der Waals surface area contributed by atoms with E-state index in [0.29, 0.717) is 48.5 Å². The minimum Gasteiger partial charge on any atom is -0.378 e. The Balaban J connectivity index is 1.28. The normalized spacial score (nSPS) is 21.7. The van der Waals surface area contributed by atoms with E-state index in [2.05, 4.69) is 15.0 Å². The molecule has 2 aromatic carbocycles. The Kier molecular flexibility index (Phi) is 7.84. The summed E-state index contributed by atoms with van der Waals surface area (Å²) in [6.45, 7) is 3.50. The number of ether oxygens (including phenoxy) is 1. The fraction of sp³-hybridized carbons (Fsp3) is 0.323. The van der Waals surface area contributed by atoms with Gasteiger partial charge in [-0.1, -0.05) is 47.5 Å². The van der Waals surface area contributed by atoms with Crippen LogP contribution < -0.4 is 4.90 Å². The highest BCUT2D eigenvalue weighted by molar-refractivity contribution is 7.89. The highest BCUT2D eigenvalue weighted by Gasteiger charge is 2.54. The Bertz CT molecular complexity index is 1910. The van der Waals surface area contributed by atoms with E-state index in [9.17, 15) is 18.0 Å². The van der Waals surface area contributed by atoms with Gasteiger partial charge in [-0.25, -0.2) is 28.3 Å². The van der Waals surface area contributed by atoms with Crippen LogP contribution in [0.5, 0.6) is 0 Å². The number of imidazole rings is 1. The van der Waals surface area contributed by atoms with Crippen molar-refractivity contribution in [1.82, 2.24) is 28.7 Å². The number of halogens is 2. The number of benzene rings is 2.